The maximum absolute atomic E-state index is 12.1. The van der Waals surface area contributed by atoms with E-state index in [9.17, 15) is 4.79 Å². The standard InChI is InChI=1S/C27H27N3O3S/c1-17(2)20-9-12-24-23(15-20)29-26(33-24)14-19-7-10-21(11-8-19)28-27(34)30-25(31)16-32-22-6-4-5-18(3)13-22/h4-13,15,17H,14,16H2,1-3H3,(H2,28,30,31,34). The molecular formula is C27H27N3O3S. The van der Waals surface area contributed by atoms with E-state index in [1.54, 1.807) is 0 Å². The molecule has 4 aromatic rings. The smallest absolute Gasteiger partial charge is 0.264 e. The van der Waals surface area contributed by atoms with Crippen molar-refractivity contribution >= 4 is 40.0 Å². The lowest BCUT2D eigenvalue weighted by atomic mass is 10.0. The number of aryl methyl sites for hydroxylation is 1. The van der Waals surface area contributed by atoms with E-state index < -0.39 is 0 Å². The normalized spacial score (nSPS) is 10.9. The van der Waals surface area contributed by atoms with Gasteiger partial charge < -0.3 is 14.5 Å². The third-order valence-electron chi connectivity index (χ3n) is 5.30. The van der Waals surface area contributed by atoms with Crippen LogP contribution in [-0.4, -0.2) is 22.6 Å². The van der Waals surface area contributed by atoms with Crippen molar-refractivity contribution in [2.24, 2.45) is 0 Å². The molecule has 34 heavy (non-hydrogen) atoms. The first-order valence-electron chi connectivity index (χ1n) is 11.1. The van der Waals surface area contributed by atoms with E-state index in [1.165, 1.54) is 5.56 Å². The Morgan fingerprint density at radius 2 is 1.88 bits per heavy atom. The van der Waals surface area contributed by atoms with Crippen molar-refractivity contribution in [3.8, 4) is 5.75 Å². The number of benzene rings is 3. The van der Waals surface area contributed by atoms with Crippen LogP contribution >= 0.6 is 12.2 Å². The zero-order valence-electron chi connectivity index (χ0n) is 19.4. The zero-order chi connectivity index (χ0) is 24.1. The fourth-order valence-electron chi connectivity index (χ4n) is 3.49. The SMILES string of the molecule is Cc1cccc(OCC(=O)NC(=S)Nc2ccc(Cc3nc4cc(C(C)C)ccc4o3)cc2)c1. The van der Waals surface area contributed by atoms with Gasteiger partial charge in [-0.2, -0.15) is 0 Å². The summed E-state index contributed by atoms with van der Waals surface area (Å²) in [7, 11) is 0. The van der Waals surface area contributed by atoms with Crippen molar-refractivity contribution in [3.05, 3.63) is 89.3 Å². The first-order chi connectivity index (χ1) is 16.4. The average Bonchev–Trinajstić information content (AvgIpc) is 3.20. The monoisotopic (exact) mass is 473 g/mol. The van der Waals surface area contributed by atoms with Gasteiger partial charge in [0.05, 0.1) is 0 Å². The summed E-state index contributed by atoms with van der Waals surface area (Å²) in [6.07, 6.45) is 0.587. The highest BCUT2D eigenvalue weighted by Gasteiger charge is 2.10. The summed E-state index contributed by atoms with van der Waals surface area (Å²) in [6, 6.07) is 21.4. The van der Waals surface area contributed by atoms with Gasteiger partial charge in [-0.25, -0.2) is 4.98 Å². The average molecular weight is 474 g/mol. The van der Waals surface area contributed by atoms with Crippen LogP contribution in [0.25, 0.3) is 11.1 Å². The van der Waals surface area contributed by atoms with Crippen molar-refractivity contribution in [2.75, 3.05) is 11.9 Å². The van der Waals surface area contributed by atoms with E-state index in [-0.39, 0.29) is 17.6 Å². The number of carbonyl (C=O) groups excluding carboxylic acids is 1. The number of hydrogen-bond acceptors (Lipinski definition) is 5. The number of ether oxygens (including phenoxy) is 1. The molecular weight excluding hydrogens is 446 g/mol. The number of amides is 1. The number of thiocarbonyl (C=S) groups is 1. The molecule has 0 aliphatic heterocycles. The van der Waals surface area contributed by atoms with Crippen molar-refractivity contribution in [3.63, 3.8) is 0 Å². The van der Waals surface area contributed by atoms with Gasteiger partial charge in [0.15, 0.2) is 23.2 Å². The molecule has 1 aromatic heterocycles. The molecule has 0 spiro atoms. The van der Waals surface area contributed by atoms with E-state index in [2.05, 4.69) is 41.6 Å². The number of oxazole rings is 1. The lowest BCUT2D eigenvalue weighted by Gasteiger charge is -2.11. The quantitative estimate of drug-likeness (QED) is 0.333. The highest BCUT2D eigenvalue weighted by Crippen LogP contribution is 2.23. The molecule has 0 aliphatic rings. The number of anilines is 1. The van der Waals surface area contributed by atoms with Crippen LogP contribution in [-0.2, 0) is 11.2 Å². The summed E-state index contributed by atoms with van der Waals surface area (Å²) in [4.78, 5) is 16.7. The highest BCUT2D eigenvalue weighted by molar-refractivity contribution is 7.80. The van der Waals surface area contributed by atoms with E-state index >= 15 is 0 Å². The van der Waals surface area contributed by atoms with Crippen LogP contribution in [0.4, 0.5) is 5.69 Å². The molecule has 0 bridgehead atoms. The predicted molar refractivity (Wildman–Crippen MR) is 138 cm³/mol. The molecule has 174 valence electrons. The van der Waals surface area contributed by atoms with Crippen LogP contribution in [0.3, 0.4) is 0 Å². The lowest BCUT2D eigenvalue weighted by Crippen LogP contribution is -2.37. The van der Waals surface area contributed by atoms with Crippen molar-refractivity contribution in [1.82, 2.24) is 10.3 Å². The molecule has 6 nitrogen and oxygen atoms in total. The number of aromatic nitrogens is 1. The zero-order valence-corrected chi connectivity index (χ0v) is 20.2. The van der Waals surface area contributed by atoms with Crippen LogP contribution < -0.4 is 15.4 Å². The van der Waals surface area contributed by atoms with E-state index in [0.717, 1.165) is 27.9 Å². The minimum atomic E-state index is -0.327. The topological polar surface area (TPSA) is 76.4 Å². The molecule has 1 heterocycles. The summed E-state index contributed by atoms with van der Waals surface area (Å²) in [5, 5.41) is 5.85. The minimum absolute atomic E-state index is 0.118. The molecule has 0 aliphatic carbocycles. The molecule has 0 radical (unpaired) electrons. The molecule has 0 fully saturated rings. The number of nitrogens with one attached hydrogen (secondary N) is 2. The lowest BCUT2D eigenvalue weighted by molar-refractivity contribution is -0.121. The third kappa shape index (κ3) is 6.20. The number of carbonyl (C=O) groups is 1. The fourth-order valence-corrected chi connectivity index (χ4v) is 3.72. The Hall–Kier alpha value is -3.71. The van der Waals surface area contributed by atoms with Gasteiger partial charge in [-0.1, -0.05) is 44.2 Å². The van der Waals surface area contributed by atoms with Crippen molar-refractivity contribution in [1.29, 1.82) is 0 Å². The second kappa shape index (κ2) is 10.5. The largest absolute Gasteiger partial charge is 0.484 e. The third-order valence-corrected chi connectivity index (χ3v) is 5.51. The Morgan fingerprint density at radius 3 is 2.62 bits per heavy atom. The number of fused-ring (bicyclic) bond motifs is 1. The number of rotatable bonds is 7. The minimum Gasteiger partial charge on any atom is -0.484 e. The van der Waals surface area contributed by atoms with Gasteiger partial charge in [-0.05, 0) is 78.1 Å². The van der Waals surface area contributed by atoms with E-state index in [4.69, 9.17) is 21.4 Å². The molecule has 0 saturated heterocycles. The van der Waals surface area contributed by atoms with Gasteiger partial charge in [-0.15, -0.1) is 0 Å². The Bertz CT molecular complexity index is 1310. The number of hydrogen-bond donors (Lipinski definition) is 2. The van der Waals surface area contributed by atoms with Gasteiger partial charge >= 0.3 is 0 Å². The molecule has 0 atom stereocenters. The Kier molecular flexibility index (Phi) is 7.23. The maximum Gasteiger partial charge on any atom is 0.264 e. The van der Waals surface area contributed by atoms with E-state index in [0.29, 0.717) is 24.0 Å². The van der Waals surface area contributed by atoms with Crippen LogP contribution in [0.1, 0.15) is 42.3 Å². The predicted octanol–water partition coefficient (Wildman–Crippen LogP) is 5.74. The summed E-state index contributed by atoms with van der Waals surface area (Å²) in [6.45, 7) is 6.17. The van der Waals surface area contributed by atoms with Gasteiger partial charge in [0.1, 0.15) is 11.3 Å². The molecule has 4 rings (SSSR count). The first kappa shape index (κ1) is 23.4. The molecule has 0 unspecified atom stereocenters. The molecule has 3 aromatic carbocycles. The van der Waals surface area contributed by atoms with E-state index in [1.807, 2.05) is 61.5 Å². The summed E-state index contributed by atoms with van der Waals surface area (Å²) in [5.41, 5.74) is 5.81. The van der Waals surface area contributed by atoms with Gasteiger partial charge in [0.2, 0.25) is 0 Å². The van der Waals surface area contributed by atoms with Crippen molar-refractivity contribution < 1.29 is 13.9 Å². The molecule has 1 amide bonds. The summed E-state index contributed by atoms with van der Waals surface area (Å²) in [5.74, 6) is 1.44. The van der Waals surface area contributed by atoms with Crippen LogP contribution in [0.15, 0.2) is 71.1 Å². The fraction of sp³-hybridized carbons (Fsp3) is 0.222. The van der Waals surface area contributed by atoms with Gasteiger partial charge in [0.25, 0.3) is 5.91 Å². The Morgan fingerprint density at radius 1 is 1.09 bits per heavy atom. The second-order valence-corrected chi connectivity index (χ2v) is 8.88. The summed E-state index contributed by atoms with van der Waals surface area (Å²) >= 11 is 5.24. The summed E-state index contributed by atoms with van der Waals surface area (Å²) < 4.78 is 11.4. The van der Waals surface area contributed by atoms with Crippen LogP contribution in [0.5, 0.6) is 5.75 Å². The van der Waals surface area contributed by atoms with Crippen LogP contribution in [0, 0.1) is 6.92 Å². The van der Waals surface area contributed by atoms with Gasteiger partial charge in [0, 0.05) is 12.1 Å². The number of nitrogens with zero attached hydrogens (tertiary/aromatic N) is 1. The highest BCUT2D eigenvalue weighted by atomic mass is 32.1. The Labute approximate surface area is 204 Å². The van der Waals surface area contributed by atoms with Crippen LogP contribution in [0.2, 0.25) is 0 Å². The first-order valence-corrected chi connectivity index (χ1v) is 11.5. The molecule has 0 saturated carbocycles. The maximum atomic E-state index is 12.1. The van der Waals surface area contributed by atoms with Crippen molar-refractivity contribution in [2.45, 2.75) is 33.1 Å². The van der Waals surface area contributed by atoms with Gasteiger partial charge in [-0.3, -0.25) is 10.1 Å². The second-order valence-electron chi connectivity index (χ2n) is 8.47. The Balaban J connectivity index is 1.28. The molecule has 7 heteroatoms. The molecule has 2 N–H and O–H groups in total.